The fourth-order valence-electron chi connectivity index (χ4n) is 4.23. The Morgan fingerprint density at radius 1 is 0.634 bits per heavy atom. The van der Waals surface area contributed by atoms with E-state index in [1.807, 2.05) is 0 Å². The van der Waals surface area contributed by atoms with Gasteiger partial charge in [0.05, 0.1) is 19.8 Å². The Hall–Kier alpha value is -1.03. The van der Waals surface area contributed by atoms with Crippen LogP contribution in [0.1, 0.15) is 142 Å². The van der Waals surface area contributed by atoms with Gasteiger partial charge in [0.2, 0.25) is 0 Å². The van der Waals surface area contributed by atoms with Crippen molar-refractivity contribution in [3.8, 4) is 0 Å². The van der Waals surface area contributed by atoms with E-state index >= 15 is 0 Å². The standard InChI is InChI=1S/C30H59O10P/c1-3-5-7-9-11-12-13-14-16-17-19-21-29(33)37-25-28(26-39-41(35,36)38-24-27(32)23-31)40-30(34)22-20-18-15-10-8-6-4-2/h27-28,31-32H,3-26H2,1-2H3,(H,35,36)/t27-,28+/m0/s1. The molecule has 0 spiro atoms. The zero-order valence-electron chi connectivity index (χ0n) is 25.8. The van der Waals surface area contributed by atoms with Crippen molar-refractivity contribution in [2.24, 2.45) is 0 Å². The number of carbonyl (C=O) groups excluding carboxylic acids is 2. The molecule has 0 fully saturated rings. The van der Waals surface area contributed by atoms with E-state index in [-0.39, 0.29) is 19.4 Å². The van der Waals surface area contributed by atoms with Crippen LogP contribution < -0.4 is 0 Å². The maximum atomic E-state index is 12.4. The highest BCUT2D eigenvalue weighted by molar-refractivity contribution is 7.47. The molecule has 0 aliphatic heterocycles. The number of ether oxygens (including phenoxy) is 2. The average molecular weight is 611 g/mol. The Morgan fingerprint density at radius 3 is 1.51 bits per heavy atom. The second-order valence-corrected chi connectivity index (χ2v) is 12.3. The van der Waals surface area contributed by atoms with Crippen LogP contribution in [0.3, 0.4) is 0 Å². The van der Waals surface area contributed by atoms with Crippen LogP contribution in [0.5, 0.6) is 0 Å². The lowest BCUT2D eigenvalue weighted by Gasteiger charge is -2.20. The van der Waals surface area contributed by atoms with Crippen molar-refractivity contribution in [3.63, 3.8) is 0 Å². The molecule has 0 aromatic carbocycles. The summed E-state index contributed by atoms with van der Waals surface area (Å²) in [5, 5.41) is 18.1. The van der Waals surface area contributed by atoms with E-state index in [1.54, 1.807) is 0 Å². The van der Waals surface area contributed by atoms with Crippen molar-refractivity contribution in [3.05, 3.63) is 0 Å². The number of hydrogen-bond donors (Lipinski definition) is 3. The molecule has 0 aliphatic rings. The van der Waals surface area contributed by atoms with Gasteiger partial charge in [-0.25, -0.2) is 4.57 Å². The van der Waals surface area contributed by atoms with Gasteiger partial charge in [0, 0.05) is 12.8 Å². The Bertz CT molecular complexity index is 676. The van der Waals surface area contributed by atoms with Crippen LogP contribution >= 0.6 is 7.82 Å². The Kier molecular flexibility index (Phi) is 27.1. The summed E-state index contributed by atoms with van der Waals surface area (Å²) in [6, 6.07) is 0. The monoisotopic (exact) mass is 610 g/mol. The fourth-order valence-corrected chi connectivity index (χ4v) is 5.02. The van der Waals surface area contributed by atoms with Crippen LogP contribution in [0.15, 0.2) is 0 Å². The minimum Gasteiger partial charge on any atom is -0.462 e. The Morgan fingerprint density at radius 2 is 1.05 bits per heavy atom. The molecule has 3 N–H and O–H groups in total. The molecule has 0 radical (unpaired) electrons. The first-order chi connectivity index (χ1) is 19.7. The van der Waals surface area contributed by atoms with E-state index in [1.165, 1.54) is 64.2 Å². The van der Waals surface area contributed by atoms with E-state index < -0.39 is 51.8 Å². The number of aliphatic hydroxyl groups is 2. The lowest BCUT2D eigenvalue weighted by molar-refractivity contribution is -0.161. The van der Waals surface area contributed by atoms with Crippen molar-refractivity contribution >= 4 is 19.8 Å². The first-order valence-electron chi connectivity index (χ1n) is 16.0. The number of esters is 2. The summed E-state index contributed by atoms with van der Waals surface area (Å²) in [5.74, 6) is -0.929. The highest BCUT2D eigenvalue weighted by Crippen LogP contribution is 2.43. The van der Waals surface area contributed by atoms with Crippen molar-refractivity contribution < 1.29 is 47.8 Å². The van der Waals surface area contributed by atoms with Crippen LogP contribution in [-0.2, 0) is 32.7 Å². The van der Waals surface area contributed by atoms with Crippen LogP contribution in [0.25, 0.3) is 0 Å². The molecular weight excluding hydrogens is 551 g/mol. The van der Waals surface area contributed by atoms with Gasteiger partial charge in [-0.15, -0.1) is 0 Å². The van der Waals surface area contributed by atoms with Gasteiger partial charge in [0.1, 0.15) is 12.7 Å². The molecule has 244 valence electrons. The highest BCUT2D eigenvalue weighted by atomic mass is 31.2. The van der Waals surface area contributed by atoms with E-state index in [9.17, 15) is 24.2 Å². The minimum atomic E-state index is -4.59. The maximum absolute atomic E-state index is 12.4. The van der Waals surface area contributed by atoms with Gasteiger partial charge in [-0.3, -0.25) is 18.6 Å². The normalized spacial score (nSPS) is 14.4. The summed E-state index contributed by atoms with van der Waals surface area (Å²) >= 11 is 0. The number of hydrogen-bond acceptors (Lipinski definition) is 9. The average Bonchev–Trinajstić information content (AvgIpc) is 2.95. The second-order valence-electron chi connectivity index (χ2n) is 10.8. The summed E-state index contributed by atoms with van der Waals surface area (Å²) < 4.78 is 32.3. The molecule has 0 saturated heterocycles. The van der Waals surface area contributed by atoms with Gasteiger partial charge in [-0.1, -0.05) is 117 Å². The third-order valence-corrected chi connectivity index (χ3v) is 7.71. The number of rotatable bonds is 30. The summed E-state index contributed by atoms with van der Waals surface area (Å²) in [6.07, 6.45) is 18.2. The number of unbranched alkanes of at least 4 members (excludes halogenated alkanes) is 16. The quantitative estimate of drug-likeness (QED) is 0.0452. The lowest BCUT2D eigenvalue weighted by Crippen LogP contribution is -2.29. The Balaban J connectivity index is 4.41. The van der Waals surface area contributed by atoms with Crippen molar-refractivity contribution in [1.82, 2.24) is 0 Å². The number of aliphatic hydroxyl groups excluding tert-OH is 2. The predicted molar refractivity (Wildman–Crippen MR) is 159 cm³/mol. The van der Waals surface area contributed by atoms with Crippen LogP contribution in [0.2, 0.25) is 0 Å². The topological polar surface area (TPSA) is 149 Å². The second kappa shape index (κ2) is 27.8. The van der Waals surface area contributed by atoms with Gasteiger partial charge in [-0.2, -0.15) is 0 Å². The van der Waals surface area contributed by atoms with E-state index in [2.05, 4.69) is 18.4 Å². The summed E-state index contributed by atoms with van der Waals surface area (Å²) in [4.78, 5) is 34.4. The zero-order valence-corrected chi connectivity index (χ0v) is 26.7. The molecule has 0 bridgehead atoms. The summed E-state index contributed by atoms with van der Waals surface area (Å²) in [7, 11) is -4.59. The summed E-state index contributed by atoms with van der Waals surface area (Å²) in [5.41, 5.74) is 0. The summed E-state index contributed by atoms with van der Waals surface area (Å²) in [6.45, 7) is 2.29. The van der Waals surface area contributed by atoms with E-state index in [0.717, 1.165) is 38.5 Å². The van der Waals surface area contributed by atoms with Gasteiger partial charge in [0.15, 0.2) is 6.10 Å². The fraction of sp³-hybridized carbons (Fsp3) is 0.933. The number of phosphoric ester groups is 1. The zero-order chi connectivity index (χ0) is 30.6. The molecule has 0 aromatic rings. The molecule has 0 aliphatic carbocycles. The first-order valence-corrected chi connectivity index (χ1v) is 17.5. The van der Waals surface area contributed by atoms with E-state index in [0.29, 0.717) is 12.8 Å². The molecule has 0 aromatic heterocycles. The molecule has 0 amide bonds. The highest BCUT2D eigenvalue weighted by Gasteiger charge is 2.27. The number of carbonyl (C=O) groups is 2. The van der Waals surface area contributed by atoms with Crippen molar-refractivity contribution in [2.45, 2.75) is 154 Å². The number of phosphoric acid groups is 1. The lowest BCUT2D eigenvalue weighted by atomic mass is 10.1. The van der Waals surface area contributed by atoms with Gasteiger partial charge in [0.25, 0.3) is 0 Å². The van der Waals surface area contributed by atoms with Gasteiger partial charge in [-0.05, 0) is 12.8 Å². The molecular formula is C30H59O10P. The molecule has 1 unspecified atom stereocenters. The maximum Gasteiger partial charge on any atom is 0.472 e. The van der Waals surface area contributed by atoms with E-state index in [4.69, 9.17) is 19.1 Å². The SMILES string of the molecule is CCCCCCCCCCCCCC(=O)OC[C@H](COP(=O)(O)OC[C@@H](O)CO)OC(=O)CCCCCCCCC. The molecule has 0 saturated carbocycles. The molecule has 10 nitrogen and oxygen atoms in total. The predicted octanol–water partition coefficient (Wildman–Crippen LogP) is 6.77. The van der Waals surface area contributed by atoms with Crippen LogP contribution in [-0.4, -0.2) is 65.7 Å². The van der Waals surface area contributed by atoms with Crippen LogP contribution in [0.4, 0.5) is 0 Å². The third-order valence-electron chi connectivity index (χ3n) is 6.76. The van der Waals surface area contributed by atoms with Crippen LogP contribution in [0, 0.1) is 0 Å². The minimum absolute atomic E-state index is 0.187. The van der Waals surface area contributed by atoms with Gasteiger partial charge < -0.3 is 24.6 Å². The molecule has 0 heterocycles. The Labute approximate surface area is 248 Å². The first kappa shape index (κ1) is 40.0. The van der Waals surface area contributed by atoms with Crippen molar-refractivity contribution in [2.75, 3.05) is 26.4 Å². The van der Waals surface area contributed by atoms with Gasteiger partial charge >= 0.3 is 19.8 Å². The largest absolute Gasteiger partial charge is 0.472 e. The molecule has 11 heteroatoms. The molecule has 41 heavy (non-hydrogen) atoms. The third kappa shape index (κ3) is 27.5. The van der Waals surface area contributed by atoms with Crippen molar-refractivity contribution in [1.29, 1.82) is 0 Å². The smallest absolute Gasteiger partial charge is 0.462 e. The molecule has 3 atom stereocenters. The molecule has 0 rings (SSSR count).